The Hall–Kier alpha value is -0.363. The number of hydrogen-bond acceptors (Lipinski definition) is 3. The van der Waals surface area contributed by atoms with Gasteiger partial charge in [-0.15, -0.1) is 0 Å². The highest BCUT2D eigenvalue weighted by molar-refractivity contribution is 9.09. The maximum atomic E-state index is 5.56. The molecule has 0 unspecified atom stereocenters. The summed E-state index contributed by atoms with van der Waals surface area (Å²) in [6.07, 6.45) is 2.23. The van der Waals surface area contributed by atoms with Crippen molar-refractivity contribution in [2.75, 3.05) is 19.5 Å². The number of aryl methyl sites for hydroxylation is 1. The van der Waals surface area contributed by atoms with E-state index in [0.717, 1.165) is 23.9 Å². The molecule has 0 fully saturated rings. The van der Waals surface area contributed by atoms with Gasteiger partial charge in [0.25, 0.3) is 0 Å². The van der Waals surface area contributed by atoms with Gasteiger partial charge in [-0.1, -0.05) is 28.1 Å². The van der Waals surface area contributed by atoms with Crippen LogP contribution in [-0.2, 0) is 15.3 Å². The highest BCUT2D eigenvalue weighted by Crippen LogP contribution is 2.14. The molecule has 1 rings (SSSR count). The lowest BCUT2D eigenvalue weighted by atomic mass is 10.1. The van der Waals surface area contributed by atoms with Crippen molar-refractivity contribution in [2.45, 2.75) is 12.8 Å². The van der Waals surface area contributed by atoms with E-state index in [1.165, 1.54) is 5.56 Å². The van der Waals surface area contributed by atoms with Crippen molar-refractivity contribution in [3.8, 4) is 5.75 Å². The maximum Gasteiger partial charge on any atom is 0.549 e. The Morgan fingerprint density at radius 1 is 1.12 bits per heavy atom. The molecule has 0 aliphatic rings. The third kappa shape index (κ3) is 4.65. The lowest BCUT2D eigenvalue weighted by molar-refractivity contribution is 0.201. The summed E-state index contributed by atoms with van der Waals surface area (Å²) in [6.45, 7) is 0. The summed E-state index contributed by atoms with van der Waals surface area (Å²) in [7, 11) is 1.24. The second kappa shape index (κ2) is 7.84. The smallest absolute Gasteiger partial charge is 0.503 e. The van der Waals surface area contributed by atoms with Crippen molar-refractivity contribution in [2.24, 2.45) is 0 Å². The maximum absolute atomic E-state index is 5.56. The van der Waals surface area contributed by atoms with Crippen LogP contribution < -0.4 is 4.43 Å². The molecule has 0 saturated carbocycles. The first-order valence-electron chi connectivity index (χ1n) is 5.17. The molecule has 0 amide bonds. The third-order valence-electron chi connectivity index (χ3n) is 2.14. The summed E-state index contributed by atoms with van der Waals surface area (Å²) in [5, 5.41) is 1.04. The van der Waals surface area contributed by atoms with Crippen LogP contribution in [0.25, 0.3) is 0 Å². The van der Waals surface area contributed by atoms with Crippen molar-refractivity contribution >= 4 is 25.5 Å². The molecular formula is C11H17BrO3Si. The van der Waals surface area contributed by atoms with E-state index in [9.17, 15) is 0 Å². The first-order chi connectivity index (χ1) is 7.80. The van der Waals surface area contributed by atoms with Crippen molar-refractivity contribution in [3.63, 3.8) is 0 Å². The van der Waals surface area contributed by atoms with Gasteiger partial charge in [-0.3, -0.25) is 0 Å². The van der Waals surface area contributed by atoms with Crippen LogP contribution in [0.4, 0.5) is 0 Å². The number of hydrogen-bond donors (Lipinski definition) is 0. The van der Waals surface area contributed by atoms with Crippen LogP contribution in [0.5, 0.6) is 5.75 Å². The molecule has 0 atom stereocenters. The van der Waals surface area contributed by atoms with Gasteiger partial charge < -0.3 is 13.3 Å². The van der Waals surface area contributed by atoms with Crippen LogP contribution in [0.1, 0.15) is 12.0 Å². The summed E-state index contributed by atoms with van der Waals surface area (Å²) in [4.78, 5) is 0. The highest BCUT2D eigenvalue weighted by Gasteiger charge is 2.12. The molecule has 0 N–H and O–H groups in total. The van der Waals surface area contributed by atoms with Gasteiger partial charge in [-0.2, -0.15) is 0 Å². The molecule has 0 aliphatic heterocycles. The normalized spacial score (nSPS) is 10.8. The lowest BCUT2D eigenvalue weighted by Gasteiger charge is -2.13. The van der Waals surface area contributed by atoms with Crippen molar-refractivity contribution in [3.05, 3.63) is 29.8 Å². The topological polar surface area (TPSA) is 27.7 Å². The molecule has 0 radical (unpaired) electrons. The average molecular weight is 305 g/mol. The van der Waals surface area contributed by atoms with Crippen molar-refractivity contribution < 1.29 is 13.3 Å². The first kappa shape index (κ1) is 13.7. The van der Waals surface area contributed by atoms with E-state index in [2.05, 4.69) is 28.1 Å². The average Bonchev–Trinajstić information content (AvgIpc) is 2.35. The van der Waals surface area contributed by atoms with Crippen LogP contribution in [0, 0.1) is 0 Å². The molecule has 3 nitrogen and oxygen atoms in total. The molecule has 1 aromatic rings. The van der Waals surface area contributed by atoms with Gasteiger partial charge in [0.15, 0.2) is 0 Å². The van der Waals surface area contributed by atoms with Gasteiger partial charge in [-0.05, 0) is 30.5 Å². The van der Waals surface area contributed by atoms with Crippen LogP contribution in [-0.4, -0.2) is 29.1 Å². The Kier molecular flexibility index (Phi) is 6.71. The third-order valence-corrected chi connectivity index (χ3v) is 3.93. The lowest BCUT2D eigenvalue weighted by Crippen LogP contribution is -2.27. The second-order valence-electron chi connectivity index (χ2n) is 3.31. The zero-order chi connectivity index (χ0) is 11.8. The van der Waals surface area contributed by atoms with E-state index < -0.39 is 9.53 Å². The minimum Gasteiger partial charge on any atom is -0.503 e. The summed E-state index contributed by atoms with van der Waals surface area (Å²) in [5.74, 6) is 0.808. The standard InChI is InChI=1S/C11H17BrO3Si/c1-13-16(14-2)15-11-7-5-10(6-8-11)4-3-9-12/h5-8,16H,3-4,9H2,1-2H3. The predicted molar refractivity (Wildman–Crippen MR) is 70.4 cm³/mol. The Balaban J connectivity index is 2.50. The van der Waals surface area contributed by atoms with Gasteiger partial charge in [0.2, 0.25) is 0 Å². The summed E-state index contributed by atoms with van der Waals surface area (Å²) in [6, 6.07) is 8.08. The van der Waals surface area contributed by atoms with Gasteiger partial charge in [0.05, 0.1) is 0 Å². The minimum atomic E-state index is -1.96. The van der Waals surface area contributed by atoms with E-state index in [0.29, 0.717) is 0 Å². The van der Waals surface area contributed by atoms with E-state index in [4.69, 9.17) is 13.3 Å². The summed E-state index contributed by atoms with van der Waals surface area (Å²) < 4.78 is 15.7. The van der Waals surface area contributed by atoms with Gasteiger partial charge in [-0.25, -0.2) is 0 Å². The molecule has 0 aromatic heterocycles. The fraction of sp³-hybridized carbons (Fsp3) is 0.455. The summed E-state index contributed by atoms with van der Waals surface area (Å²) >= 11 is 3.42. The SMILES string of the molecule is CO[SiH](OC)Oc1ccc(CCCBr)cc1. The molecule has 0 aliphatic carbocycles. The van der Waals surface area contributed by atoms with Crippen LogP contribution >= 0.6 is 15.9 Å². The monoisotopic (exact) mass is 304 g/mol. The molecule has 0 saturated heterocycles. The van der Waals surface area contributed by atoms with Crippen LogP contribution in [0.3, 0.4) is 0 Å². The number of benzene rings is 1. The quantitative estimate of drug-likeness (QED) is 0.572. The molecule has 0 spiro atoms. The molecule has 16 heavy (non-hydrogen) atoms. The minimum absolute atomic E-state index is 0.808. The Bertz CT molecular complexity index is 288. The Morgan fingerprint density at radius 2 is 1.75 bits per heavy atom. The largest absolute Gasteiger partial charge is 0.549 e. The van der Waals surface area contributed by atoms with E-state index in [-0.39, 0.29) is 0 Å². The number of rotatable bonds is 7. The second-order valence-corrected chi connectivity index (χ2v) is 5.86. The first-order valence-corrected chi connectivity index (χ1v) is 7.71. The van der Waals surface area contributed by atoms with Gasteiger partial charge >= 0.3 is 9.53 Å². The van der Waals surface area contributed by atoms with Crippen molar-refractivity contribution in [1.82, 2.24) is 0 Å². The van der Waals surface area contributed by atoms with E-state index >= 15 is 0 Å². The van der Waals surface area contributed by atoms with E-state index in [1.807, 2.05) is 12.1 Å². The fourth-order valence-electron chi connectivity index (χ4n) is 1.31. The molecule has 1 aromatic carbocycles. The molecule has 0 bridgehead atoms. The van der Waals surface area contributed by atoms with Crippen LogP contribution in [0.2, 0.25) is 0 Å². The van der Waals surface area contributed by atoms with E-state index in [1.54, 1.807) is 14.2 Å². The van der Waals surface area contributed by atoms with Crippen molar-refractivity contribution in [1.29, 1.82) is 0 Å². The van der Waals surface area contributed by atoms with Gasteiger partial charge in [0, 0.05) is 19.5 Å². The molecule has 90 valence electrons. The number of alkyl halides is 1. The van der Waals surface area contributed by atoms with Crippen LogP contribution in [0.15, 0.2) is 24.3 Å². The van der Waals surface area contributed by atoms with Gasteiger partial charge in [0.1, 0.15) is 5.75 Å². The Morgan fingerprint density at radius 3 is 2.25 bits per heavy atom. The Labute approximate surface area is 107 Å². The zero-order valence-corrected chi connectivity index (χ0v) is 12.4. The fourth-order valence-corrected chi connectivity index (χ4v) is 2.35. The zero-order valence-electron chi connectivity index (χ0n) is 9.61. The predicted octanol–water partition coefficient (Wildman–Crippen LogP) is 2.40. The summed E-state index contributed by atoms with van der Waals surface area (Å²) in [5.41, 5.74) is 1.32. The molecule has 0 heterocycles. The number of halogens is 1. The highest BCUT2D eigenvalue weighted by atomic mass is 79.9. The molecular weight excluding hydrogens is 288 g/mol. The molecule has 5 heteroatoms.